The Morgan fingerprint density at radius 2 is 1.62 bits per heavy atom. The number of nitrogens with zero attached hydrogens (tertiary/aromatic N) is 2. The van der Waals surface area contributed by atoms with Gasteiger partial charge in [-0.15, -0.1) is 0 Å². The number of hydrogen-bond acceptors (Lipinski definition) is 3. The van der Waals surface area contributed by atoms with Gasteiger partial charge in [-0.25, -0.2) is 0 Å². The van der Waals surface area contributed by atoms with Crippen molar-refractivity contribution in [2.45, 2.75) is 13.3 Å². The van der Waals surface area contributed by atoms with E-state index in [2.05, 4.69) is 11.8 Å². The Labute approximate surface area is 144 Å². The van der Waals surface area contributed by atoms with Gasteiger partial charge in [0.15, 0.2) is 0 Å². The van der Waals surface area contributed by atoms with Gasteiger partial charge in [-0.3, -0.25) is 4.79 Å². The van der Waals surface area contributed by atoms with E-state index in [-0.39, 0.29) is 5.91 Å². The molecule has 2 aromatic rings. The average molecular weight is 326 g/mol. The maximum absolute atomic E-state index is 12.4. The third-order valence-corrected chi connectivity index (χ3v) is 3.90. The fourth-order valence-electron chi connectivity index (χ4n) is 2.44. The number of ether oxygens (including phenoxy) is 1. The summed E-state index contributed by atoms with van der Waals surface area (Å²) in [5, 5.41) is 0. The van der Waals surface area contributed by atoms with Crippen molar-refractivity contribution < 1.29 is 9.53 Å². The summed E-state index contributed by atoms with van der Waals surface area (Å²) in [6, 6.07) is 19.8. The molecule has 0 fully saturated rings. The number of benzene rings is 2. The van der Waals surface area contributed by atoms with Crippen molar-refractivity contribution in [3.05, 3.63) is 60.7 Å². The number of amides is 1. The van der Waals surface area contributed by atoms with E-state index >= 15 is 0 Å². The van der Waals surface area contributed by atoms with E-state index in [9.17, 15) is 4.79 Å². The van der Waals surface area contributed by atoms with Gasteiger partial charge in [0.1, 0.15) is 5.75 Å². The van der Waals surface area contributed by atoms with Gasteiger partial charge >= 0.3 is 0 Å². The molecule has 4 nitrogen and oxygen atoms in total. The van der Waals surface area contributed by atoms with Gasteiger partial charge in [-0.2, -0.15) is 0 Å². The molecule has 0 N–H and O–H groups in total. The lowest BCUT2D eigenvalue weighted by Gasteiger charge is -2.25. The molecule has 0 aliphatic heterocycles. The van der Waals surface area contributed by atoms with E-state index < -0.39 is 0 Å². The summed E-state index contributed by atoms with van der Waals surface area (Å²) in [5.41, 5.74) is 1.08. The first-order valence-electron chi connectivity index (χ1n) is 8.42. The SMILES string of the molecule is CCN(CC(=O)N(C)CCCOc1ccccc1)c1ccccc1. The Morgan fingerprint density at radius 1 is 1.00 bits per heavy atom. The molecule has 0 unspecified atom stereocenters. The van der Waals surface area contributed by atoms with E-state index in [1.807, 2.05) is 67.7 Å². The van der Waals surface area contributed by atoms with Gasteiger partial charge in [-0.05, 0) is 37.6 Å². The summed E-state index contributed by atoms with van der Waals surface area (Å²) in [6.45, 7) is 4.57. The minimum atomic E-state index is 0.125. The van der Waals surface area contributed by atoms with Crippen LogP contribution in [0.3, 0.4) is 0 Å². The number of anilines is 1. The molecular weight excluding hydrogens is 300 g/mol. The van der Waals surface area contributed by atoms with E-state index in [1.54, 1.807) is 4.90 Å². The smallest absolute Gasteiger partial charge is 0.241 e. The fraction of sp³-hybridized carbons (Fsp3) is 0.350. The van der Waals surface area contributed by atoms with E-state index in [0.29, 0.717) is 19.7 Å². The van der Waals surface area contributed by atoms with Gasteiger partial charge in [0.05, 0.1) is 13.2 Å². The Bertz CT molecular complexity index is 602. The molecule has 0 aliphatic rings. The monoisotopic (exact) mass is 326 g/mol. The Morgan fingerprint density at radius 3 is 2.25 bits per heavy atom. The molecular formula is C20H26N2O2. The summed E-state index contributed by atoms with van der Waals surface area (Å²) >= 11 is 0. The molecule has 0 bridgehead atoms. The number of hydrogen-bond donors (Lipinski definition) is 0. The van der Waals surface area contributed by atoms with Crippen LogP contribution in [0.25, 0.3) is 0 Å². The molecule has 128 valence electrons. The van der Waals surface area contributed by atoms with E-state index in [4.69, 9.17) is 4.74 Å². The van der Waals surface area contributed by atoms with Crippen LogP contribution in [0.1, 0.15) is 13.3 Å². The summed E-state index contributed by atoms with van der Waals surface area (Å²) in [7, 11) is 1.85. The highest BCUT2D eigenvalue weighted by atomic mass is 16.5. The van der Waals surface area contributed by atoms with Crippen LogP contribution in [0.2, 0.25) is 0 Å². The van der Waals surface area contributed by atoms with Crippen molar-refractivity contribution in [2.24, 2.45) is 0 Å². The van der Waals surface area contributed by atoms with Crippen molar-refractivity contribution in [3.8, 4) is 5.75 Å². The summed E-state index contributed by atoms with van der Waals surface area (Å²) in [6.07, 6.45) is 0.814. The number of para-hydroxylation sites is 2. The molecule has 0 aliphatic carbocycles. The molecule has 0 heterocycles. The Hall–Kier alpha value is -2.49. The zero-order valence-corrected chi connectivity index (χ0v) is 14.5. The predicted octanol–water partition coefficient (Wildman–Crippen LogP) is 3.44. The van der Waals surface area contributed by atoms with Crippen LogP contribution < -0.4 is 9.64 Å². The standard InChI is InChI=1S/C20H26N2O2/c1-3-22(18-11-6-4-7-12-18)17-20(23)21(2)15-10-16-24-19-13-8-5-9-14-19/h4-9,11-14H,3,10,15-17H2,1-2H3. The van der Waals surface area contributed by atoms with Gasteiger partial charge in [0.25, 0.3) is 0 Å². The Kier molecular flexibility index (Phi) is 7.15. The lowest BCUT2D eigenvalue weighted by atomic mass is 10.3. The molecule has 24 heavy (non-hydrogen) atoms. The second-order valence-corrected chi connectivity index (χ2v) is 5.68. The van der Waals surface area contributed by atoms with Crippen LogP contribution in [0.15, 0.2) is 60.7 Å². The molecule has 0 atom stereocenters. The molecule has 2 aromatic carbocycles. The maximum Gasteiger partial charge on any atom is 0.241 e. The maximum atomic E-state index is 12.4. The van der Waals surface area contributed by atoms with Crippen LogP contribution in [0.4, 0.5) is 5.69 Å². The molecule has 0 saturated heterocycles. The van der Waals surface area contributed by atoms with Crippen LogP contribution in [0.5, 0.6) is 5.75 Å². The van der Waals surface area contributed by atoms with E-state index in [1.165, 1.54) is 0 Å². The van der Waals surface area contributed by atoms with Crippen molar-refractivity contribution >= 4 is 11.6 Å². The number of carbonyl (C=O) groups is 1. The minimum Gasteiger partial charge on any atom is -0.494 e. The third kappa shape index (κ3) is 5.61. The van der Waals surface area contributed by atoms with Crippen LogP contribution >= 0.6 is 0 Å². The van der Waals surface area contributed by atoms with Crippen molar-refractivity contribution in [2.75, 3.05) is 38.2 Å². The average Bonchev–Trinajstić information content (AvgIpc) is 2.64. The lowest BCUT2D eigenvalue weighted by Crippen LogP contribution is -2.39. The van der Waals surface area contributed by atoms with Crippen molar-refractivity contribution in [1.82, 2.24) is 4.90 Å². The highest BCUT2D eigenvalue weighted by Crippen LogP contribution is 2.13. The fourth-order valence-corrected chi connectivity index (χ4v) is 2.44. The minimum absolute atomic E-state index is 0.125. The highest BCUT2D eigenvalue weighted by molar-refractivity contribution is 5.81. The number of likely N-dealkylation sites (N-methyl/N-ethyl adjacent to an activating group) is 2. The van der Waals surface area contributed by atoms with Crippen molar-refractivity contribution in [1.29, 1.82) is 0 Å². The first-order valence-corrected chi connectivity index (χ1v) is 8.42. The first-order chi connectivity index (χ1) is 11.7. The zero-order valence-electron chi connectivity index (χ0n) is 14.5. The normalized spacial score (nSPS) is 10.2. The van der Waals surface area contributed by atoms with Gasteiger partial charge in [-0.1, -0.05) is 36.4 Å². The van der Waals surface area contributed by atoms with Crippen LogP contribution in [0, 0.1) is 0 Å². The molecule has 0 aromatic heterocycles. The number of rotatable bonds is 9. The summed E-state index contributed by atoms with van der Waals surface area (Å²) in [4.78, 5) is 16.3. The molecule has 1 amide bonds. The topological polar surface area (TPSA) is 32.8 Å². The zero-order chi connectivity index (χ0) is 17.2. The molecule has 0 saturated carbocycles. The second-order valence-electron chi connectivity index (χ2n) is 5.68. The van der Waals surface area contributed by atoms with Crippen LogP contribution in [-0.2, 0) is 4.79 Å². The lowest BCUT2D eigenvalue weighted by molar-refractivity contribution is -0.128. The second kappa shape index (κ2) is 9.60. The van der Waals surface area contributed by atoms with Gasteiger partial charge in [0, 0.05) is 25.8 Å². The summed E-state index contributed by atoms with van der Waals surface area (Å²) in [5.74, 6) is 0.994. The highest BCUT2D eigenvalue weighted by Gasteiger charge is 2.13. The van der Waals surface area contributed by atoms with Crippen LogP contribution in [-0.4, -0.2) is 44.1 Å². The number of carbonyl (C=O) groups excluding carboxylic acids is 1. The quantitative estimate of drug-likeness (QED) is 0.662. The van der Waals surface area contributed by atoms with Crippen molar-refractivity contribution in [3.63, 3.8) is 0 Å². The largest absolute Gasteiger partial charge is 0.494 e. The Balaban J connectivity index is 1.73. The molecule has 4 heteroatoms. The van der Waals surface area contributed by atoms with Gasteiger partial charge < -0.3 is 14.5 Å². The molecule has 0 spiro atoms. The third-order valence-electron chi connectivity index (χ3n) is 3.90. The van der Waals surface area contributed by atoms with Gasteiger partial charge in [0.2, 0.25) is 5.91 Å². The van der Waals surface area contributed by atoms with E-state index in [0.717, 1.165) is 24.4 Å². The predicted molar refractivity (Wildman–Crippen MR) is 98.5 cm³/mol. The molecule has 0 radical (unpaired) electrons. The summed E-state index contributed by atoms with van der Waals surface area (Å²) < 4.78 is 5.66. The first kappa shape index (κ1) is 17.9. The molecule has 2 rings (SSSR count).